The van der Waals surface area contributed by atoms with Crippen LogP contribution in [0.5, 0.6) is 0 Å². The SMILES string of the molecule is CC(C(=O)Nc1ccc([N+](=O)[O-])cc1C#N)n1ncccc1=O. The lowest BCUT2D eigenvalue weighted by atomic mass is 10.1. The van der Waals surface area contributed by atoms with Gasteiger partial charge in [-0.3, -0.25) is 19.7 Å². The van der Waals surface area contributed by atoms with E-state index in [1.165, 1.54) is 37.4 Å². The van der Waals surface area contributed by atoms with Crippen molar-refractivity contribution >= 4 is 17.3 Å². The number of non-ortho nitro benzene ring substituents is 1. The van der Waals surface area contributed by atoms with Crippen LogP contribution >= 0.6 is 0 Å². The summed E-state index contributed by atoms with van der Waals surface area (Å²) in [5.41, 5.74) is -0.625. The lowest BCUT2D eigenvalue weighted by molar-refractivity contribution is -0.384. The van der Waals surface area contributed by atoms with E-state index < -0.39 is 22.4 Å². The summed E-state index contributed by atoms with van der Waals surface area (Å²) in [6.07, 6.45) is 1.37. The van der Waals surface area contributed by atoms with Gasteiger partial charge in [0.15, 0.2) is 0 Å². The second-order valence-corrected chi connectivity index (χ2v) is 4.57. The van der Waals surface area contributed by atoms with Crippen molar-refractivity contribution in [1.82, 2.24) is 9.78 Å². The zero-order valence-electron chi connectivity index (χ0n) is 12.0. The van der Waals surface area contributed by atoms with Crippen LogP contribution in [0.15, 0.2) is 41.3 Å². The lowest BCUT2D eigenvalue weighted by Crippen LogP contribution is -2.32. The Morgan fingerprint density at radius 1 is 1.48 bits per heavy atom. The fraction of sp³-hybridized carbons (Fsp3) is 0.143. The molecule has 1 unspecified atom stereocenters. The Balaban J connectivity index is 2.27. The number of amides is 1. The Labute approximate surface area is 129 Å². The summed E-state index contributed by atoms with van der Waals surface area (Å²) in [4.78, 5) is 33.9. The summed E-state index contributed by atoms with van der Waals surface area (Å²) < 4.78 is 0.993. The Morgan fingerprint density at radius 2 is 2.22 bits per heavy atom. The minimum Gasteiger partial charge on any atom is -0.323 e. The van der Waals surface area contributed by atoms with Gasteiger partial charge in [-0.15, -0.1) is 0 Å². The molecule has 0 aliphatic carbocycles. The first-order valence-electron chi connectivity index (χ1n) is 6.47. The van der Waals surface area contributed by atoms with Crippen LogP contribution in [0.3, 0.4) is 0 Å². The third-order valence-corrected chi connectivity index (χ3v) is 3.08. The molecule has 2 aromatic rings. The van der Waals surface area contributed by atoms with Crippen molar-refractivity contribution in [3.8, 4) is 6.07 Å². The number of hydrogen-bond acceptors (Lipinski definition) is 6. The van der Waals surface area contributed by atoms with E-state index in [0.29, 0.717) is 0 Å². The molecule has 1 aromatic heterocycles. The van der Waals surface area contributed by atoms with Gasteiger partial charge in [0.2, 0.25) is 5.91 Å². The minimum absolute atomic E-state index is 0.0480. The van der Waals surface area contributed by atoms with Gasteiger partial charge in [0.25, 0.3) is 11.2 Å². The number of aromatic nitrogens is 2. The van der Waals surface area contributed by atoms with Gasteiger partial charge >= 0.3 is 0 Å². The van der Waals surface area contributed by atoms with Crippen molar-refractivity contribution in [3.63, 3.8) is 0 Å². The van der Waals surface area contributed by atoms with Crippen LogP contribution in [0.25, 0.3) is 0 Å². The number of nitro groups is 1. The predicted molar refractivity (Wildman–Crippen MR) is 79.6 cm³/mol. The number of nitrogens with zero attached hydrogens (tertiary/aromatic N) is 4. The number of benzene rings is 1. The second-order valence-electron chi connectivity index (χ2n) is 4.57. The molecule has 116 valence electrons. The monoisotopic (exact) mass is 313 g/mol. The van der Waals surface area contributed by atoms with Crippen molar-refractivity contribution < 1.29 is 9.72 Å². The van der Waals surface area contributed by atoms with Gasteiger partial charge in [-0.05, 0) is 19.1 Å². The Kier molecular flexibility index (Phi) is 4.47. The molecule has 9 nitrogen and oxygen atoms in total. The summed E-state index contributed by atoms with van der Waals surface area (Å²) >= 11 is 0. The number of nitriles is 1. The molecule has 0 radical (unpaired) electrons. The Bertz CT molecular complexity index is 868. The van der Waals surface area contributed by atoms with E-state index in [4.69, 9.17) is 5.26 Å². The van der Waals surface area contributed by atoms with Crippen LogP contribution in [0.1, 0.15) is 18.5 Å². The molecule has 2 rings (SSSR count). The maximum absolute atomic E-state index is 12.2. The van der Waals surface area contributed by atoms with E-state index in [1.54, 1.807) is 6.07 Å². The first-order chi connectivity index (χ1) is 10.9. The van der Waals surface area contributed by atoms with Crippen LogP contribution < -0.4 is 10.9 Å². The number of nitrogens with one attached hydrogen (secondary N) is 1. The van der Waals surface area contributed by atoms with E-state index >= 15 is 0 Å². The molecule has 1 heterocycles. The van der Waals surface area contributed by atoms with Crippen LogP contribution in [0.2, 0.25) is 0 Å². The highest BCUT2D eigenvalue weighted by atomic mass is 16.6. The van der Waals surface area contributed by atoms with Crippen LogP contribution in [0.4, 0.5) is 11.4 Å². The van der Waals surface area contributed by atoms with Gasteiger partial charge in [-0.1, -0.05) is 0 Å². The van der Waals surface area contributed by atoms with Crippen molar-refractivity contribution in [2.45, 2.75) is 13.0 Å². The highest BCUT2D eigenvalue weighted by molar-refractivity contribution is 5.94. The topological polar surface area (TPSA) is 131 Å². The van der Waals surface area contributed by atoms with Crippen LogP contribution in [-0.2, 0) is 4.79 Å². The molecular formula is C14H11N5O4. The van der Waals surface area contributed by atoms with Gasteiger partial charge in [0, 0.05) is 24.4 Å². The fourth-order valence-electron chi connectivity index (χ4n) is 1.86. The molecule has 23 heavy (non-hydrogen) atoms. The van der Waals surface area contributed by atoms with Crippen LogP contribution in [0, 0.1) is 21.4 Å². The van der Waals surface area contributed by atoms with Crippen molar-refractivity contribution in [3.05, 3.63) is 62.6 Å². The molecular weight excluding hydrogens is 302 g/mol. The molecule has 0 fully saturated rings. The van der Waals surface area contributed by atoms with Crippen LogP contribution in [-0.4, -0.2) is 20.6 Å². The number of anilines is 1. The number of carbonyl (C=O) groups is 1. The molecule has 1 atom stereocenters. The van der Waals surface area contributed by atoms with Crippen molar-refractivity contribution in [2.24, 2.45) is 0 Å². The Hall–Kier alpha value is -3.54. The van der Waals surface area contributed by atoms with E-state index in [0.717, 1.165) is 10.7 Å². The van der Waals surface area contributed by atoms with E-state index in [1.807, 2.05) is 0 Å². The average Bonchev–Trinajstić information content (AvgIpc) is 2.54. The second kappa shape index (κ2) is 6.48. The molecule has 0 aliphatic rings. The highest BCUT2D eigenvalue weighted by Gasteiger charge is 2.19. The predicted octanol–water partition coefficient (Wildman–Crippen LogP) is 1.22. The fourth-order valence-corrected chi connectivity index (χ4v) is 1.86. The number of hydrogen-bond donors (Lipinski definition) is 1. The van der Waals surface area contributed by atoms with Gasteiger partial charge in [0.05, 0.1) is 16.2 Å². The van der Waals surface area contributed by atoms with Crippen molar-refractivity contribution in [2.75, 3.05) is 5.32 Å². The lowest BCUT2D eigenvalue weighted by Gasteiger charge is -2.14. The standard InChI is InChI=1S/C14H11N5O4/c1-9(18-13(20)3-2-6-16-18)14(21)17-12-5-4-11(19(22)23)7-10(12)8-15/h2-7,9H,1H3,(H,17,21). The Morgan fingerprint density at radius 3 is 2.83 bits per heavy atom. The minimum atomic E-state index is -0.912. The van der Waals surface area contributed by atoms with Gasteiger partial charge < -0.3 is 5.32 Å². The summed E-state index contributed by atoms with van der Waals surface area (Å²) in [6, 6.07) is 7.09. The molecule has 1 N–H and O–H groups in total. The molecule has 0 aliphatic heterocycles. The third kappa shape index (κ3) is 3.38. The van der Waals surface area contributed by atoms with E-state index in [9.17, 15) is 19.7 Å². The smallest absolute Gasteiger partial charge is 0.270 e. The maximum Gasteiger partial charge on any atom is 0.270 e. The molecule has 1 amide bonds. The first kappa shape index (κ1) is 15.8. The average molecular weight is 313 g/mol. The molecule has 0 spiro atoms. The molecule has 0 saturated carbocycles. The number of carbonyl (C=O) groups excluding carboxylic acids is 1. The third-order valence-electron chi connectivity index (χ3n) is 3.08. The van der Waals surface area contributed by atoms with Crippen molar-refractivity contribution in [1.29, 1.82) is 5.26 Å². The van der Waals surface area contributed by atoms with E-state index in [-0.39, 0.29) is 16.9 Å². The zero-order valence-corrected chi connectivity index (χ0v) is 12.0. The molecule has 0 bridgehead atoms. The summed E-state index contributed by atoms with van der Waals surface area (Å²) in [5, 5.41) is 26.0. The van der Waals surface area contributed by atoms with Gasteiger partial charge in [-0.2, -0.15) is 10.4 Å². The maximum atomic E-state index is 12.2. The largest absolute Gasteiger partial charge is 0.323 e. The summed E-state index contributed by atoms with van der Waals surface area (Å²) in [6.45, 7) is 1.47. The van der Waals surface area contributed by atoms with Gasteiger partial charge in [0.1, 0.15) is 12.1 Å². The molecule has 0 saturated heterocycles. The summed E-state index contributed by atoms with van der Waals surface area (Å²) in [7, 11) is 0. The highest BCUT2D eigenvalue weighted by Crippen LogP contribution is 2.22. The molecule has 1 aromatic carbocycles. The zero-order chi connectivity index (χ0) is 17.0. The first-order valence-corrected chi connectivity index (χ1v) is 6.47. The normalized spacial score (nSPS) is 11.3. The number of nitro benzene ring substituents is 1. The molecule has 9 heteroatoms. The number of rotatable bonds is 4. The van der Waals surface area contributed by atoms with E-state index in [2.05, 4.69) is 10.4 Å². The quantitative estimate of drug-likeness (QED) is 0.667. The summed E-state index contributed by atoms with van der Waals surface area (Å²) in [5.74, 6) is -0.573. The van der Waals surface area contributed by atoms with Gasteiger partial charge in [-0.25, -0.2) is 4.68 Å².